The first-order valence-corrected chi connectivity index (χ1v) is 5.49. The summed E-state index contributed by atoms with van der Waals surface area (Å²) < 4.78 is 7.32. The molecule has 0 unspecified atom stereocenters. The molecule has 0 radical (unpaired) electrons. The molecule has 0 aliphatic heterocycles. The molecule has 16 heavy (non-hydrogen) atoms. The number of aryl methyl sites for hydroxylation is 2. The Labute approximate surface area is 95.3 Å². The fourth-order valence-electron chi connectivity index (χ4n) is 2.04. The van der Waals surface area contributed by atoms with E-state index in [9.17, 15) is 0 Å². The Morgan fingerprint density at radius 3 is 2.88 bits per heavy atom. The number of benzene rings is 1. The van der Waals surface area contributed by atoms with Gasteiger partial charge in [-0.05, 0) is 30.5 Å². The van der Waals surface area contributed by atoms with Crippen LogP contribution in [0, 0.1) is 0 Å². The van der Waals surface area contributed by atoms with Crippen LogP contribution in [-0.2, 0) is 13.5 Å². The number of aliphatic hydroxyl groups is 1. The fraction of sp³-hybridized carbons (Fsp3) is 0.385. The van der Waals surface area contributed by atoms with Gasteiger partial charge in [0.05, 0.1) is 12.6 Å². The predicted octanol–water partition coefficient (Wildman–Crippen LogP) is 2.11. The van der Waals surface area contributed by atoms with Gasteiger partial charge in [-0.25, -0.2) is 0 Å². The first-order valence-electron chi connectivity index (χ1n) is 5.49. The minimum Gasteiger partial charge on any atom is -0.497 e. The summed E-state index contributed by atoms with van der Waals surface area (Å²) in [5, 5.41) is 10.1. The van der Waals surface area contributed by atoms with E-state index in [1.54, 1.807) is 7.11 Å². The van der Waals surface area contributed by atoms with E-state index in [-0.39, 0.29) is 6.61 Å². The van der Waals surface area contributed by atoms with E-state index in [0.29, 0.717) is 0 Å². The van der Waals surface area contributed by atoms with Crippen LogP contribution < -0.4 is 4.74 Å². The van der Waals surface area contributed by atoms with Gasteiger partial charge in [0.2, 0.25) is 0 Å². The zero-order chi connectivity index (χ0) is 11.5. The Morgan fingerprint density at radius 1 is 1.38 bits per heavy atom. The van der Waals surface area contributed by atoms with Crippen LogP contribution in [0.2, 0.25) is 0 Å². The first kappa shape index (κ1) is 11.0. The van der Waals surface area contributed by atoms with Crippen LogP contribution in [0.4, 0.5) is 0 Å². The molecule has 0 saturated heterocycles. The van der Waals surface area contributed by atoms with Gasteiger partial charge in [0.15, 0.2) is 0 Å². The molecule has 1 aromatic heterocycles. The van der Waals surface area contributed by atoms with E-state index in [0.717, 1.165) is 18.6 Å². The second-order valence-corrected chi connectivity index (χ2v) is 3.98. The van der Waals surface area contributed by atoms with Crippen LogP contribution >= 0.6 is 0 Å². The van der Waals surface area contributed by atoms with E-state index in [2.05, 4.69) is 16.8 Å². The molecule has 2 aromatic rings. The number of nitrogens with zero attached hydrogens (tertiary/aromatic N) is 1. The lowest BCUT2D eigenvalue weighted by molar-refractivity contribution is 0.288. The molecule has 0 aliphatic rings. The van der Waals surface area contributed by atoms with Gasteiger partial charge >= 0.3 is 0 Å². The molecule has 0 amide bonds. The van der Waals surface area contributed by atoms with Gasteiger partial charge in [-0.3, -0.25) is 0 Å². The zero-order valence-electron chi connectivity index (χ0n) is 9.73. The molecule has 0 aliphatic carbocycles. The van der Waals surface area contributed by atoms with E-state index in [4.69, 9.17) is 9.84 Å². The van der Waals surface area contributed by atoms with Gasteiger partial charge in [0.1, 0.15) is 5.75 Å². The molecule has 0 saturated carbocycles. The van der Waals surface area contributed by atoms with Crippen molar-refractivity contribution in [1.82, 2.24) is 4.57 Å². The van der Waals surface area contributed by atoms with Crippen molar-refractivity contribution in [2.75, 3.05) is 13.7 Å². The molecule has 0 atom stereocenters. The SMILES string of the molecule is COc1ccc2c(CCCO)cn(C)c2c1. The van der Waals surface area contributed by atoms with Crippen molar-refractivity contribution in [3.8, 4) is 5.75 Å². The van der Waals surface area contributed by atoms with Gasteiger partial charge in [0, 0.05) is 31.3 Å². The summed E-state index contributed by atoms with van der Waals surface area (Å²) in [6.45, 7) is 0.243. The number of aliphatic hydroxyl groups excluding tert-OH is 1. The zero-order valence-corrected chi connectivity index (χ0v) is 9.73. The molecule has 2 rings (SSSR count). The highest BCUT2D eigenvalue weighted by molar-refractivity contribution is 5.85. The van der Waals surface area contributed by atoms with Crippen molar-refractivity contribution in [3.63, 3.8) is 0 Å². The van der Waals surface area contributed by atoms with Crippen LogP contribution in [-0.4, -0.2) is 23.4 Å². The van der Waals surface area contributed by atoms with Crippen molar-refractivity contribution in [1.29, 1.82) is 0 Å². The van der Waals surface area contributed by atoms with Crippen LogP contribution in [0.15, 0.2) is 24.4 Å². The topological polar surface area (TPSA) is 34.4 Å². The second-order valence-electron chi connectivity index (χ2n) is 3.98. The third-order valence-corrected chi connectivity index (χ3v) is 2.88. The number of ether oxygens (including phenoxy) is 1. The molecule has 1 N–H and O–H groups in total. The van der Waals surface area contributed by atoms with Crippen molar-refractivity contribution in [2.24, 2.45) is 7.05 Å². The van der Waals surface area contributed by atoms with E-state index in [1.807, 2.05) is 19.2 Å². The summed E-state index contributed by atoms with van der Waals surface area (Å²) >= 11 is 0. The summed E-state index contributed by atoms with van der Waals surface area (Å²) in [7, 11) is 3.71. The van der Waals surface area contributed by atoms with Crippen molar-refractivity contribution in [2.45, 2.75) is 12.8 Å². The molecule has 0 fully saturated rings. The lowest BCUT2D eigenvalue weighted by Crippen LogP contribution is -1.88. The van der Waals surface area contributed by atoms with Crippen LogP contribution in [0.25, 0.3) is 10.9 Å². The summed E-state index contributed by atoms with van der Waals surface area (Å²) in [4.78, 5) is 0. The van der Waals surface area contributed by atoms with Gasteiger partial charge < -0.3 is 14.4 Å². The quantitative estimate of drug-likeness (QED) is 0.854. The second kappa shape index (κ2) is 4.58. The Kier molecular flexibility index (Phi) is 3.15. The average Bonchev–Trinajstić information content (AvgIpc) is 2.63. The fourth-order valence-corrected chi connectivity index (χ4v) is 2.04. The van der Waals surface area contributed by atoms with Gasteiger partial charge in [-0.15, -0.1) is 0 Å². The highest BCUT2D eigenvalue weighted by Gasteiger charge is 2.06. The summed E-state index contributed by atoms with van der Waals surface area (Å²) in [5.74, 6) is 0.877. The van der Waals surface area contributed by atoms with E-state index >= 15 is 0 Å². The number of hydrogen-bond donors (Lipinski definition) is 1. The number of fused-ring (bicyclic) bond motifs is 1. The lowest BCUT2D eigenvalue weighted by Gasteiger charge is -2.01. The first-order chi connectivity index (χ1) is 7.76. The van der Waals surface area contributed by atoms with Crippen LogP contribution in [0.1, 0.15) is 12.0 Å². The minimum atomic E-state index is 0.243. The van der Waals surface area contributed by atoms with Crippen LogP contribution in [0.3, 0.4) is 0 Å². The molecule has 1 heterocycles. The largest absolute Gasteiger partial charge is 0.497 e. The Balaban J connectivity index is 2.45. The highest BCUT2D eigenvalue weighted by atomic mass is 16.5. The Bertz CT molecular complexity index is 488. The summed E-state index contributed by atoms with van der Waals surface area (Å²) in [5.41, 5.74) is 2.46. The van der Waals surface area contributed by atoms with Gasteiger partial charge in [-0.2, -0.15) is 0 Å². The molecule has 86 valence electrons. The average molecular weight is 219 g/mol. The Hall–Kier alpha value is -1.48. The van der Waals surface area contributed by atoms with Gasteiger partial charge in [0.25, 0.3) is 0 Å². The molecule has 3 heteroatoms. The molecule has 0 bridgehead atoms. The third kappa shape index (κ3) is 1.91. The minimum absolute atomic E-state index is 0.243. The van der Waals surface area contributed by atoms with E-state index < -0.39 is 0 Å². The molecule has 0 spiro atoms. The summed E-state index contributed by atoms with van der Waals surface area (Å²) in [6, 6.07) is 6.10. The lowest BCUT2D eigenvalue weighted by atomic mass is 10.1. The third-order valence-electron chi connectivity index (χ3n) is 2.88. The molecular formula is C13H17NO2. The normalized spacial score (nSPS) is 10.9. The maximum absolute atomic E-state index is 8.86. The van der Waals surface area contributed by atoms with Crippen molar-refractivity contribution in [3.05, 3.63) is 30.0 Å². The maximum atomic E-state index is 8.86. The predicted molar refractivity (Wildman–Crippen MR) is 64.9 cm³/mol. The molecule has 1 aromatic carbocycles. The van der Waals surface area contributed by atoms with Crippen LogP contribution in [0.5, 0.6) is 5.75 Å². The highest BCUT2D eigenvalue weighted by Crippen LogP contribution is 2.25. The number of aromatic nitrogens is 1. The number of rotatable bonds is 4. The molecular weight excluding hydrogens is 202 g/mol. The number of methoxy groups -OCH3 is 1. The van der Waals surface area contributed by atoms with Gasteiger partial charge in [-0.1, -0.05) is 0 Å². The van der Waals surface area contributed by atoms with Crippen molar-refractivity contribution < 1.29 is 9.84 Å². The Morgan fingerprint density at radius 2 is 2.19 bits per heavy atom. The molecule has 3 nitrogen and oxygen atoms in total. The van der Waals surface area contributed by atoms with Crippen molar-refractivity contribution >= 4 is 10.9 Å². The standard InChI is InChI=1S/C13H17NO2/c1-14-9-10(4-3-7-15)12-6-5-11(16-2)8-13(12)14/h5-6,8-9,15H,3-4,7H2,1-2H3. The monoisotopic (exact) mass is 219 g/mol. The maximum Gasteiger partial charge on any atom is 0.120 e. The van der Waals surface area contributed by atoms with E-state index in [1.165, 1.54) is 16.5 Å². The summed E-state index contributed by atoms with van der Waals surface area (Å²) in [6.07, 6.45) is 3.85. The smallest absolute Gasteiger partial charge is 0.120 e. The number of hydrogen-bond acceptors (Lipinski definition) is 2.